The quantitative estimate of drug-likeness (QED) is 0.845. The lowest BCUT2D eigenvalue weighted by Gasteiger charge is -2.26. The van der Waals surface area contributed by atoms with Crippen molar-refractivity contribution in [1.29, 1.82) is 0 Å². The summed E-state index contributed by atoms with van der Waals surface area (Å²) in [5.74, 6) is 0. The largest absolute Gasteiger partial charge is 0.399 e. The van der Waals surface area contributed by atoms with E-state index < -0.39 is 0 Å². The number of nitrogen functional groups attached to an aromatic ring is 1. The Hall–Kier alpha value is -1.48. The lowest BCUT2D eigenvalue weighted by atomic mass is 10.1. The molecule has 1 aromatic carbocycles. The molecule has 1 aromatic heterocycles. The molecule has 3 heteroatoms. The van der Waals surface area contributed by atoms with Crippen LogP contribution in [0.2, 0.25) is 0 Å². The number of nitrogens with two attached hydrogens (primary N) is 1. The van der Waals surface area contributed by atoms with E-state index >= 15 is 0 Å². The average molecular weight is 258 g/mol. The maximum Gasteiger partial charge on any atom is 0.0526 e. The second kappa shape index (κ2) is 4.65. The molecule has 1 saturated carbocycles. The fraction of sp³-hybridized carbons (Fsp3) is 0.333. The number of hydrogen-bond acceptors (Lipinski definition) is 3. The van der Waals surface area contributed by atoms with E-state index in [9.17, 15) is 0 Å². The molecule has 0 spiro atoms. The van der Waals surface area contributed by atoms with Gasteiger partial charge in [-0.1, -0.05) is 12.1 Å². The summed E-state index contributed by atoms with van der Waals surface area (Å²) >= 11 is 1.83. The Morgan fingerprint density at radius 1 is 1.33 bits per heavy atom. The van der Waals surface area contributed by atoms with Gasteiger partial charge >= 0.3 is 0 Å². The molecule has 0 saturated heterocycles. The highest BCUT2D eigenvalue weighted by molar-refractivity contribution is 7.09. The summed E-state index contributed by atoms with van der Waals surface area (Å²) in [4.78, 5) is 3.93. The Morgan fingerprint density at radius 2 is 2.17 bits per heavy atom. The predicted molar refractivity (Wildman–Crippen MR) is 79.1 cm³/mol. The first kappa shape index (κ1) is 11.6. The molecule has 0 bridgehead atoms. The molecule has 3 rings (SSSR count). The highest BCUT2D eigenvalue weighted by atomic mass is 32.1. The average Bonchev–Trinajstić information content (AvgIpc) is 3.07. The third kappa shape index (κ3) is 2.36. The molecule has 1 aliphatic carbocycles. The number of thiophene rings is 1. The summed E-state index contributed by atoms with van der Waals surface area (Å²) in [7, 11) is 0. The van der Waals surface area contributed by atoms with Crippen molar-refractivity contribution in [2.75, 3.05) is 10.6 Å². The summed E-state index contributed by atoms with van der Waals surface area (Å²) in [5, 5.41) is 2.15. The second-order valence-corrected chi connectivity index (χ2v) is 6.02. The highest BCUT2D eigenvalue weighted by Crippen LogP contribution is 2.36. The van der Waals surface area contributed by atoms with Crippen LogP contribution in [0.25, 0.3) is 0 Å². The van der Waals surface area contributed by atoms with Gasteiger partial charge in [-0.3, -0.25) is 0 Å². The van der Waals surface area contributed by atoms with Gasteiger partial charge in [0.1, 0.15) is 0 Å². The molecule has 94 valence electrons. The smallest absolute Gasteiger partial charge is 0.0526 e. The van der Waals surface area contributed by atoms with E-state index in [0.29, 0.717) is 6.04 Å². The number of rotatable bonds is 4. The zero-order valence-corrected chi connectivity index (χ0v) is 11.4. The number of anilines is 2. The van der Waals surface area contributed by atoms with Crippen LogP contribution in [0.4, 0.5) is 11.4 Å². The molecule has 2 N–H and O–H groups in total. The van der Waals surface area contributed by atoms with Crippen LogP contribution in [0, 0.1) is 6.92 Å². The van der Waals surface area contributed by atoms with E-state index in [1.807, 2.05) is 17.4 Å². The molecule has 1 aliphatic rings. The molecule has 0 radical (unpaired) electrons. The Bertz CT molecular complexity index is 529. The Labute approximate surface area is 112 Å². The van der Waals surface area contributed by atoms with Gasteiger partial charge in [-0.15, -0.1) is 11.3 Å². The lowest BCUT2D eigenvalue weighted by molar-refractivity contribution is 0.800. The van der Waals surface area contributed by atoms with E-state index in [-0.39, 0.29) is 0 Å². The van der Waals surface area contributed by atoms with Crippen LogP contribution in [0.1, 0.15) is 23.3 Å². The molecule has 2 aromatic rings. The minimum atomic E-state index is 0.701. The van der Waals surface area contributed by atoms with Crippen molar-refractivity contribution in [2.24, 2.45) is 0 Å². The van der Waals surface area contributed by atoms with Crippen LogP contribution in [-0.4, -0.2) is 6.04 Å². The molecule has 0 aliphatic heterocycles. The van der Waals surface area contributed by atoms with Crippen LogP contribution in [0.3, 0.4) is 0 Å². The minimum Gasteiger partial charge on any atom is -0.399 e. The molecule has 2 nitrogen and oxygen atoms in total. The topological polar surface area (TPSA) is 29.3 Å². The van der Waals surface area contributed by atoms with Crippen LogP contribution >= 0.6 is 11.3 Å². The monoisotopic (exact) mass is 258 g/mol. The van der Waals surface area contributed by atoms with Crippen LogP contribution in [0.5, 0.6) is 0 Å². The third-order valence-electron chi connectivity index (χ3n) is 3.44. The molecule has 1 fully saturated rings. The van der Waals surface area contributed by atoms with Crippen molar-refractivity contribution < 1.29 is 0 Å². The van der Waals surface area contributed by atoms with Crippen LogP contribution in [0.15, 0.2) is 35.7 Å². The molecular formula is C15H18N2S. The van der Waals surface area contributed by atoms with Crippen molar-refractivity contribution in [3.8, 4) is 0 Å². The van der Waals surface area contributed by atoms with E-state index in [2.05, 4.69) is 41.5 Å². The second-order valence-electron chi connectivity index (χ2n) is 4.98. The Kier molecular flexibility index (Phi) is 3.00. The van der Waals surface area contributed by atoms with E-state index in [1.165, 1.54) is 29.0 Å². The zero-order chi connectivity index (χ0) is 12.5. The summed E-state index contributed by atoms with van der Waals surface area (Å²) in [5.41, 5.74) is 9.40. The summed E-state index contributed by atoms with van der Waals surface area (Å²) in [6.45, 7) is 3.17. The first-order valence-corrected chi connectivity index (χ1v) is 7.27. The fourth-order valence-electron chi connectivity index (χ4n) is 2.30. The van der Waals surface area contributed by atoms with Crippen molar-refractivity contribution in [1.82, 2.24) is 0 Å². The van der Waals surface area contributed by atoms with E-state index in [4.69, 9.17) is 5.73 Å². The molecule has 0 atom stereocenters. The fourth-order valence-corrected chi connectivity index (χ4v) is 3.01. The minimum absolute atomic E-state index is 0.701. The van der Waals surface area contributed by atoms with Gasteiger partial charge in [-0.2, -0.15) is 0 Å². The molecule has 18 heavy (non-hydrogen) atoms. The summed E-state index contributed by atoms with van der Waals surface area (Å²) < 4.78 is 0. The SMILES string of the molecule is Cc1ccc(N)cc1N(Cc1cccs1)C1CC1. The Balaban J connectivity index is 1.91. The molecule has 0 unspecified atom stereocenters. The van der Waals surface area contributed by atoms with Crippen molar-refractivity contribution in [2.45, 2.75) is 32.4 Å². The number of benzene rings is 1. The Morgan fingerprint density at radius 3 is 2.83 bits per heavy atom. The van der Waals surface area contributed by atoms with E-state index in [0.717, 1.165) is 12.2 Å². The number of aryl methyl sites for hydroxylation is 1. The van der Waals surface area contributed by atoms with Crippen molar-refractivity contribution >= 4 is 22.7 Å². The normalized spacial score (nSPS) is 14.7. The maximum absolute atomic E-state index is 5.94. The van der Waals surface area contributed by atoms with Gasteiger partial charge in [0.25, 0.3) is 0 Å². The lowest BCUT2D eigenvalue weighted by Crippen LogP contribution is -2.25. The first-order chi connectivity index (χ1) is 8.74. The van der Waals surface area contributed by atoms with Crippen molar-refractivity contribution in [3.63, 3.8) is 0 Å². The molecule has 0 amide bonds. The summed E-state index contributed by atoms with van der Waals surface area (Å²) in [6.07, 6.45) is 2.61. The van der Waals surface area contributed by atoms with Gasteiger partial charge < -0.3 is 10.6 Å². The molecule has 1 heterocycles. The highest BCUT2D eigenvalue weighted by Gasteiger charge is 2.30. The predicted octanol–water partition coefficient (Wildman–Crippen LogP) is 3.81. The van der Waals surface area contributed by atoms with E-state index in [1.54, 1.807) is 0 Å². The van der Waals surface area contributed by atoms with Gasteiger partial charge in [-0.05, 0) is 48.9 Å². The van der Waals surface area contributed by atoms with Gasteiger partial charge in [0.2, 0.25) is 0 Å². The van der Waals surface area contributed by atoms with Crippen molar-refractivity contribution in [3.05, 3.63) is 46.2 Å². The third-order valence-corrected chi connectivity index (χ3v) is 4.30. The van der Waals surface area contributed by atoms with Crippen LogP contribution in [-0.2, 0) is 6.54 Å². The maximum atomic E-state index is 5.94. The van der Waals surface area contributed by atoms with Gasteiger partial charge in [-0.25, -0.2) is 0 Å². The van der Waals surface area contributed by atoms with Gasteiger partial charge in [0.15, 0.2) is 0 Å². The number of nitrogens with zero attached hydrogens (tertiary/aromatic N) is 1. The number of hydrogen-bond donors (Lipinski definition) is 1. The van der Waals surface area contributed by atoms with Gasteiger partial charge in [0.05, 0.1) is 6.54 Å². The summed E-state index contributed by atoms with van der Waals surface area (Å²) in [6, 6.07) is 11.2. The van der Waals surface area contributed by atoms with Gasteiger partial charge in [0, 0.05) is 22.3 Å². The standard InChI is InChI=1S/C15H18N2S/c1-11-4-5-12(16)9-15(11)17(13-6-7-13)10-14-3-2-8-18-14/h2-5,8-9,13H,6-7,10,16H2,1H3. The van der Waals surface area contributed by atoms with Crippen LogP contribution < -0.4 is 10.6 Å². The first-order valence-electron chi connectivity index (χ1n) is 6.39. The zero-order valence-electron chi connectivity index (χ0n) is 10.6. The molecular weight excluding hydrogens is 240 g/mol.